The lowest BCUT2D eigenvalue weighted by Crippen LogP contribution is -2.22. The van der Waals surface area contributed by atoms with Gasteiger partial charge in [-0.2, -0.15) is 13.2 Å². The van der Waals surface area contributed by atoms with E-state index in [4.69, 9.17) is 9.47 Å². The molecule has 0 bridgehead atoms. The van der Waals surface area contributed by atoms with Gasteiger partial charge in [0.15, 0.2) is 23.3 Å². The van der Waals surface area contributed by atoms with Crippen LogP contribution in [0.15, 0.2) is 60.1 Å². The number of hydrogen-bond donors (Lipinski definition) is 1. The van der Waals surface area contributed by atoms with Gasteiger partial charge in [-0.3, -0.25) is 9.78 Å². The molecular weight excluding hydrogens is 433 g/mol. The molecule has 0 aliphatic carbocycles. The first-order valence-corrected chi connectivity index (χ1v) is 9.87. The maximum atomic E-state index is 13.1. The molecule has 0 radical (unpaired) electrons. The van der Waals surface area contributed by atoms with Crippen LogP contribution in [0.5, 0.6) is 11.5 Å². The third-order valence-corrected chi connectivity index (χ3v) is 4.77. The number of thioether (sulfide) groups is 1. The first-order valence-electron chi connectivity index (χ1n) is 8.88. The lowest BCUT2D eigenvalue weighted by atomic mass is 10.1. The van der Waals surface area contributed by atoms with Crippen molar-refractivity contribution in [1.29, 1.82) is 0 Å². The van der Waals surface area contributed by atoms with Gasteiger partial charge in [-0.1, -0.05) is 23.9 Å². The van der Waals surface area contributed by atoms with Crippen molar-refractivity contribution < 1.29 is 27.4 Å². The molecule has 7 nitrogen and oxygen atoms in total. The van der Waals surface area contributed by atoms with Crippen LogP contribution in [-0.2, 0) is 16.7 Å². The smallest absolute Gasteiger partial charge is 0.418 e. The average molecular weight is 450 g/mol. The van der Waals surface area contributed by atoms with Crippen molar-refractivity contribution in [2.75, 3.05) is 19.0 Å². The van der Waals surface area contributed by atoms with E-state index >= 15 is 0 Å². The third-order valence-electron chi connectivity index (χ3n) is 3.86. The lowest BCUT2D eigenvalue weighted by Gasteiger charge is -2.14. The number of carbonyl (C=O) groups excluding carboxylic acids is 1. The molecule has 1 N–H and O–H groups in total. The van der Waals surface area contributed by atoms with Crippen molar-refractivity contribution in [1.82, 2.24) is 15.0 Å². The van der Waals surface area contributed by atoms with Crippen LogP contribution in [0.3, 0.4) is 0 Å². The van der Waals surface area contributed by atoms with Crippen LogP contribution in [0.25, 0.3) is 0 Å². The zero-order valence-electron chi connectivity index (χ0n) is 16.2. The summed E-state index contributed by atoms with van der Waals surface area (Å²) in [5.41, 5.74) is -0.659. The molecule has 0 unspecified atom stereocenters. The van der Waals surface area contributed by atoms with E-state index in [0.29, 0.717) is 16.6 Å². The number of carbonyl (C=O) groups is 1. The minimum absolute atomic E-state index is 0.237. The lowest BCUT2D eigenvalue weighted by molar-refractivity contribution is -0.137. The Morgan fingerprint density at radius 1 is 1.10 bits per heavy atom. The fourth-order valence-corrected chi connectivity index (χ4v) is 3.18. The number of alkyl halides is 3. The van der Waals surface area contributed by atoms with E-state index in [0.717, 1.165) is 6.07 Å². The summed E-state index contributed by atoms with van der Waals surface area (Å²) in [6.45, 7) is -0.513. The van der Waals surface area contributed by atoms with E-state index in [1.165, 1.54) is 43.3 Å². The number of nitrogens with zero attached hydrogens (tertiary/aromatic N) is 3. The summed E-state index contributed by atoms with van der Waals surface area (Å²) in [6, 6.07) is 8.01. The molecule has 2 aromatic heterocycles. The minimum Gasteiger partial charge on any atom is -0.491 e. The fraction of sp³-hybridized carbons (Fsp3) is 0.200. The number of pyridine rings is 1. The summed E-state index contributed by atoms with van der Waals surface area (Å²) in [7, 11) is 1.41. The van der Waals surface area contributed by atoms with Crippen molar-refractivity contribution >= 4 is 23.4 Å². The summed E-state index contributed by atoms with van der Waals surface area (Å²) in [5.74, 6) is 0.217. The second kappa shape index (κ2) is 10.1. The first kappa shape index (κ1) is 22.3. The largest absolute Gasteiger partial charge is 0.491 e. The van der Waals surface area contributed by atoms with Crippen LogP contribution >= 0.6 is 11.8 Å². The topological polar surface area (TPSA) is 86.2 Å². The number of aromatic nitrogens is 3. The molecule has 3 aromatic rings. The van der Waals surface area contributed by atoms with Gasteiger partial charge >= 0.3 is 6.18 Å². The van der Waals surface area contributed by atoms with Gasteiger partial charge in [0.05, 0.1) is 30.3 Å². The molecular formula is C20H17F3N4O3S. The molecule has 0 fully saturated rings. The molecule has 1 aromatic carbocycles. The van der Waals surface area contributed by atoms with E-state index in [1.807, 2.05) is 0 Å². The number of benzene rings is 1. The first-order chi connectivity index (χ1) is 14.9. The molecule has 0 spiro atoms. The highest BCUT2D eigenvalue weighted by atomic mass is 32.2. The molecule has 162 valence electrons. The van der Waals surface area contributed by atoms with Crippen molar-refractivity contribution in [3.63, 3.8) is 0 Å². The number of amides is 1. The Labute approximate surface area is 180 Å². The highest BCUT2D eigenvalue weighted by molar-refractivity contribution is 7.98. The molecule has 0 aliphatic heterocycles. The summed E-state index contributed by atoms with van der Waals surface area (Å²) in [5, 5.41) is 2.80. The van der Waals surface area contributed by atoms with E-state index < -0.39 is 24.3 Å². The van der Waals surface area contributed by atoms with Crippen LogP contribution in [-0.4, -0.2) is 34.6 Å². The molecule has 0 aliphatic rings. The fourth-order valence-electron chi connectivity index (χ4n) is 2.48. The van der Waals surface area contributed by atoms with Gasteiger partial charge in [0, 0.05) is 24.2 Å². The molecule has 0 saturated carbocycles. The number of rotatable bonds is 8. The normalized spacial score (nSPS) is 11.1. The molecule has 2 heterocycles. The van der Waals surface area contributed by atoms with Gasteiger partial charge in [-0.15, -0.1) is 0 Å². The van der Waals surface area contributed by atoms with Gasteiger partial charge in [0.1, 0.15) is 0 Å². The second-order valence-electron chi connectivity index (χ2n) is 6.03. The van der Waals surface area contributed by atoms with Crippen molar-refractivity contribution in [3.8, 4) is 11.5 Å². The zero-order chi connectivity index (χ0) is 22.3. The maximum Gasteiger partial charge on any atom is 0.418 e. The van der Waals surface area contributed by atoms with Gasteiger partial charge in [-0.25, -0.2) is 9.97 Å². The molecule has 1 amide bonds. The number of nitrogens with one attached hydrogen (secondary N) is 1. The van der Waals surface area contributed by atoms with Gasteiger partial charge in [0.2, 0.25) is 0 Å². The predicted octanol–water partition coefficient (Wildman–Crippen LogP) is 4.21. The van der Waals surface area contributed by atoms with E-state index in [2.05, 4.69) is 20.3 Å². The third kappa shape index (κ3) is 6.32. The molecule has 11 heteroatoms. The summed E-state index contributed by atoms with van der Waals surface area (Å²) in [4.78, 5) is 24.6. The molecule has 0 saturated heterocycles. The van der Waals surface area contributed by atoms with E-state index in [1.54, 1.807) is 24.5 Å². The second-order valence-corrected chi connectivity index (χ2v) is 6.97. The maximum absolute atomic E-state index is 13.1. The van der Waals surface area contributed by atoms with Crippen molar-refractivity contribution in [2.45, 2.75) is 17.1 Å². The summed E-state index contributed by atoms with van der Waals surface area (Å²) in [6.07, 6.45) is 0.101. The number of ether oxygens (including phenoxy) is 2. The Morgan fingerprint density at radius 2 is 1.84 bits per heavy atom. The Hall–Kier alpha value is -3.34. The standard InChI is InChI=1S/C20H17F3N4O3S/c1-29-17-10-26-13(12-31-19-24-7-4-8-25-19)9-16(17)30-11-18(28)27-15-6-3-2-5-14(15)20(21,22)23/h2-10H,11-12H2,1H3,(H,27,28). The summed E-state index contributed by atoms with van der Waals surface area (Å²) >= 11 is 1.36. The molecule has 31 heavy (non-hydrogen) atoms. The quantitative estimate of drug-likeness (QED) is 0.406. The van der Waals surface area contributed by atoms with E-state index in [9.17, 15) is 18.0 Å². The van der Waals surface area contributed by atoms with Crippen LogP contribution in [0.4, 0.5) is 18.9 Å². The number of hydrogen-bond acceptors (Lipinski definition) is 7. The average Bonchev–Trinajstić information content (AvgIpc) is 2.76. The van der Waals surface area contributed by atoms with Crippen LogP contribution in [0.2, 0.25) is 0 Å². The number of anilines is 1. The Bertz CT molecular complexity index is 1040. The molecule has 0 atom stereocenters. The van der Waals surface area contributed by atoms with Crippen LogP contribution in [0, 0.1) is 0 Å². The number of para-hydroxylation sites is 1. The monoisotopic (exact) mass is 450 g/mol. The SMILES string of the molecule is COc1cnc(CSc2ncccn2)cc1OCC(=O)Nc1ccccc1C(F)(F)F. The van der Waals surface area contributed by atoms with Gasteiger partial charge < -0.3 is 14.8 Å². The Kier molecular flexibility index (Phi) is 7.29. The van der Waals surface area contributed by atoms with Gasteiger partial charge in [0.25, 0.3) is 5.91 Å². The molecule has 3 rings (SSSR count). The highest BCUT2D eigenvalue weighted by Gasteiger charge is 2.33. The van der Waals surface area contributed by atoms with Crippen LogP contribution in [0.1, 0.15) is 11.3 Å². The zero-order valence-corrected chi connectivity index (χ0v) is 17.0. The summed E-state index contributed by atoms with van der Waals surface area (Å²) < 4.78 is 49.9. The van der Waals surface area contributed by atoms with Crippen LogP contribution < -0.4 is 14.8 Å². The Balaban J connectivity index is 1.64. The van der Waals surface area contributed by atoms with E-state index in [-0.39, 0.29) is 17.2 Å². The predicted molar refractivity (Wildman–Crippen MR) is 108 cm³/mol. The van der Waals surface area contributed by atoms with Gasteiger partial charge in [-0.05, 0) is 18.2 Å². The van der Waals surface area contributed by atoms with Crippen molar-refractivity contribution in [3.05, 3.63) is 66.2 Å². The Morgan fingerprint density at radius 3 is 2.55 bits per heavy atom. The number of halogens is 3. The highest BCUT2D eigenvalue weighted by Crippen LogP contribution is 2.34. The van der Waals surface area contributed by atoms with Crippen molar-refractivity contribution in [2.24, 2.45) is 0 Å². The number of methoxy groups -OCH3 is 1. The minimum atomic E-state index is -4.59.